The van der Waals surface area contributed by atoms with Gasteiger partial charge in [0.2, 0.25) is 5.91 Å². The molecule has 0 aliphatic heterocycles. The second-order valence-corrected chi connectivity index (χ2v) is 6.61. The predicted molar refractivity (Wildman–Crippen MR) is 88.0 cm³/mol. The molecule has 1 aromatic rings. The van der Waals surface area contributed by atoms with Crippen LogP contribution in [0.2, 0.25) is 5.02 Å². The summed E-state index contributed by atoms with van der Waals surface area (Å²) < 4.78 is 0. The summed E-state index contributed by atoms with van der Waals surface area (Å²) >= 11 is 5.92. The molecule has 0 bridgehead atoms. The van der Waals surface area contributed by atoms with Gasteiger partial charge in [-0.15, -0.1) is 12.4 Å². The summed E-state index contributed by atoms with van der Waals surface area (Å²) in [5, 5.41) is 3.94. The fourth-order valence-corrected chi connectivity index (χ4v) is 3.25. The quantitative estimate of drug-likeness (QED) is 0.895. The lowest BCUT2D eigenvalue weighted by atomic mass is 9.90. The zero-order valence-corrected chi connectivity index (χ0v) is 13.6. The van der Waals surface area contributed by atoms with Gasteiger partial charge in [0.25, 0.3) is 0 Å². The average Bonchev–Trinajstić information content (AvgIpc) is 3.24. The van der Waals surface area contributed by atoms with Gasteiger partial charge in [0.1, 0.15) is 0 Å². The molecule has 21 heavy (non-hydrogen) atoms. The van der Waals surface area contributed by atoms with E-state index in [1.54, 1.807) is 0 Å². The van der Waals surface area contributed by atoms with E-state index in [0.29, 0.717) is 17.1 Å². The summed E-state index contributed by atoms with van der Waals surface area (Å²) in [7, 11) is 0. The van der Waals surface area contributed by atoms with E-state index in [4.69, 9.17) is 17.3 Å². The highest BCUT2D eigenvalue weighted by molar-refractivity contribution is 6.30. The number of halogens is 2. The molecule has 1 amide bonds. The number of hydrogen-bond acceptors (Lipinski definition) is 2. The molecule has 3 N–H and O–H groups in total. The van der Waals surface area contributed by atoms with Crippen LogP contribution in [0.25, 0.3) is 0 Å². The van der Waals surface area contributed by atoms with Gasteiger partial charge in [-0.2, -0.15) is 0 Å². The molecule has 0 radical (unpaired) electrons. The molecule has 5 heteroatoms. The highest BCUT2D eigenvalue weighted by Crippen LogP contribution is 2.48. The van der Waals surface area contributed by atoms with Crippen molar-refractivity contribution in [3.8, 4) is 0 Å². The maximum absolute atomic E-state index is 12.6. The standard InChI is InChI=1S/C16H21ClN2O.ClH/c17-12-3-1-11(2-4-12)16(9-10-16)15(20)19-14-7-5-13(18)6-8-14;/h1-4,13-14H,5-10,18H2,(H,19,20);1H. The Bertz CT molecular complexity index is 492. The van der Waals surface area contributed by atoms with E-state index in [9.17, 15) is 4.79 Å². The molecule has 2 aliphatic carbocycles. The van der Waals surface area contributed by atoms with E-state index >= 15 is 0 Å². The van der Waals surface area contributed by atoms with E-state index in [0.717, 1.165) is 44.1 Å². The summed E-state index contributed by atoms with van der Waals surface area (Å²) in [6.45, 7) is 0. The van der Waals surface area contributed by atoms with Crippen molar-refractivity contribution in [2.45, 2.75) is 56.0 Å². The Morgan fingerprint density at radius 3 is 2.24 bits per heavy atom. The van der Waals surface area contributed by atoms with E-state index in [1.807, 2.05) is 24.3 Å². The van der Waals surface area contributed by atoms with Gasteiger partial charge in [-0.1, -0.05) is 23.7 Å². The Balaban J connectivity index is 0.00000161. The monoisotopic (exact) mass is 328 g/mol. The lowest BCUT2D eigenvalue weighted by Crippen LogP contribution is -2.44. The molecule has 1 aromatic carbocycles. The number of nitrogens with two attached hydrogens (primary N) is 1. The van der Waals surface area contributed by atoms with E-state index in [-0.39, 0.29) is 23.7 Å². The third kappa shape index (κ3) is 3.53. The highest BCUT2D eigenvalue weighted by atomic mass is 35.5. The third-order valence-electron chi connectivity index (χ3n) is 4.69. The van der Waals surface area contributed by atoms with Crippen molar-refractivity contribution in [1.29, 1.82) is 0 Å². The fourth-order valence-electron chi connectivity index (χ4n) is 3.13. The Labute approximate surface area is 137 Å². The van der Waals surface area contributed by atoms with Crippen LogP contribution >= 0.6 is 24.0 Å². The smallest absolute Gasteiger partial charge is 0.230 e. The first-order valence-corrected chi connectivity index (χ1v) is 7.80. The predicted octanol–water partition coefficient (Wildman–Crippen LogP) is 3.18. The van der Waals surface area contributed by atoms with Crippen molar-refractivity contribution in [2.75, 3.05) is 0 Å². The first kappa shape index (κ1) is 16.6. The minimum atomic E-state index is -0.301. The van der Waals surface area contributed by atoms with Gasteiger partial charge < -0.3 is 11.1 Å². The van der Waals surface area contributed by atoms with Crippen LogP contribution in [0.5, 0.6) is 0 Å². The Hall–Kier alpha value is -0.770. The summed E-state index contributed by atoms with van der Waals surface area (Å²) in [5.74, 6) is 0.181. The number of amides is 1. The zero-order chi connectivity index (χ0) is 14.2. The maximum Gasteiger partial charge on any atom is 0.230 e. The van der Waals surface area contributed by atoms with Crippen LogP contribution in [0, 0.1) is 0 Å². The van der Waals surface area contributed by atoms with Gasteiger partial charge in [0.15, 0.2) is 0 Å². The molecule has 0 saturated heterocycles. The van der Waals surface area contributed by atoms with Crippen molar-refractivity contribution < 1.29 is 4.79 Å². The number of carbonyl (C=O) groups is 1. The van der Waals surface area contributed by atoms with E-state index in [1.165, 1.54) is 0 Å². The molecule has 3 nitrogen and oxygen atoms in total. The summed E-state index contributed by atoms with van der Waals surface area (Å²) in [4.78, 5) is 12.6. The lowest BCUT2D eigenvalue weighted by molar-refractivity contribution is -0.124. The minimum Gasteiger partial charge on any atom is -0.353 e. The molecule has 0 aromatic heterocycles. The molecule has 0 atom stereocenters. The van der Waals surface area contributed by atoms with Crippen molar-refractivity contribution in [3.63, 3.8) is 0 Å². The molecule has 116 valence electrons. The average molecular weight is 329 g/mol. The number of hydrogen-bond donors (Lipinski definition) is 2. The third-order valence-corrected chi connectivity index (χ3v) is 4.94. The van der Waals surface area contributed by atoms with Crippen LogP contribution in [0.15, 0.2) is 24.3 Å². The van der Waals surface area contributed by atoms with Crippen LogP contribution in [-0.4, -0.2) is 18.0 Å². The Morgan fingerprint density at radius 2 is 1.71 bits per heavy atom. The lowest BCUT2D eigenvalue weighted by Gasteiger charge is -2.28. The fraction of sp³-hybridized carbons (Fsp3) is 0.562. The molecular weight excluding hydrogens is 307 g/mol. The second-order valence-electron chi connectivity index (χ2n) is 6.17. The molecule has 0 heterocycles. The molecule has 3 rings (SSSR count). The molecule has 2 fully saturated rings. The highest BCUT2D eigenvalue weighted by Gasteiger charge is 2.51. The molecule has 2 saturated carbocycles. The maximum atomic E-state index is 12.6. The summed E-state index contributed by atoms with van der Waals surface area (Å²) in [6.07, 6.45) is 5.91. The molecular formula is C16H22Cl2N2O. The summed E-state index contributed by atoms with van der Waals surface area (Å²) in [6, 6.07) is 8.30. The van der Waals surface area contributed by atoms with E-state index < -0.39 is 0 Å². The van der Waals surface area contributed by atoms with Crippen LogP contribution in [0.4, 0.5) is 0 Å². The van der Waals surface area contributed by atoms with Crippen molar-refractivity contribution in [1.82, 2.24) is 5.32 Å². The second kappa shape index (κ2) is 6.55. The van der Waals surface area contributed by atoms with Crippen LogP contribution in [0.1, 0.15) is 44.1 Å². The molecule has 0 unspecified atom stereocenters. The molecule has 0 spiro atoms. The Kier molecular flexibility index (Phi) is 5.18. The number of benzene rings is 1. The normalized spacial score (nSPS) is 26.6. The van der Waals surface area contributed by atoms with E-state index in [2.05, 4.69) is 5.32 Å². The van der Waals surface area contributed by atoms with Gasteiger partial charge in [0.05, 0.1) is 5.41 Å². The minimum absolute atomic E-state index is 0. The molecule has 2 aliphatic rings. The Morgan fingerprint density at radius 1 is 1.14 bits per heavy atom. The van der Waals surface area contributed by atoms with Gasteiger partial charge >= 0.3 is 0 Å². The van der Waals surface area contributed by atoms with Crippen LogP contribution in [0.3, 0.4) is 0 Å². The van der Waals surface area contributed by atoms with Gasteiger partial charge in [0, 0.05) is 17.1 Å². The van der Waals surface area contributed by atoms with Crippen molar-refractivity contribution in [2.24, 2.45) is 5.73 Å². The largest absolute Gasteiger partial charge is 0.353 e. The van der Waals surface area contributed by atoms with Gasteiger partial charge in [-0.25, -0.2) is 0 Å². The van der Waals surface area contributed by atoms with Crippen molar-refractivity contribution >= 4 is 29.9 Å². The topological polar surface area (TPSA) is 55.1 Å². The van der Waals surface area contributed by atoms with Crippen LogP contribution in [-0.2, 0) is 10.2 Å². The number of carbonyl (C=O) groups excluding carboxylic acids is 1. The zero-order valence-electron chi connectivity index (χ0n) is 12.0. The first-order chi connectivity index (χ1) is 9.60. The van der Waals surface area contributed by atoms with Crippen LogP contribution < -0.4 is 11.1 Å². The summed E-state index contributed by atoms with van der Waals surface area (Å²) in [5.41, 5.74) is 6.69. The van der Waals surface area contributed by atoms with Crippen molar-refractivity contribution in [3.05, 3.63) is 34.9 Å². The van der Waals surface area contributed by atoms with Gasteiger partial charge in [-0.3, -0.25) is 4.79 Å². The SMILES string of the molecule is Cl.NC1CCC(NC(=O)C2(c3ccc(Cl)cc3)CC2)CC1. The van der Waals surface area contributed by atoms with Gasteiger partial charge in [-0.05, 0) is 56.2 Å². The first-order valence-electron chi connectivity index (χ1n) is 7.43. The number of rotatable bonds is 3. The number of nitrogens with one attached hydrogen (secondary N) is 1.